The zero-order valence-corrected chi connectivity index (χ0v) is 12.7. The highest BCUT2D eigenvalue weighted by molar-refractivity contribution is 5.62. The number of nitrogens with two attached hydrogens (primary N) is 1. The molecule has 0 saturated heterocycles. The smallest absolute Gasteiger partial charge is 0.127 e. The van der Waals surface area contributed by atoms with Crippen molar-refractivity contribution in [1.29, 1.82) is 0 Å². The molecule has 3 heteroatoms. The quantitative estimate of drug-likeness (QED) is 0.874. The van der Waals surface area contributed by atoms with E-state index in [4.69, 9.17) is 10.7 Å². The van der Waals surface area contributed by atoms with E-state index in [0.717, 1.165) is 35.6 Å². The van der Waals surface area contributed by atoms with E-state index in [1.165, 1.54) is 5.56 Å². The summed E-state index contributed by atoms with van der Waals surface area (Å²) in [7, 11) is 0. The normalized spacial score (nSPS) is 17.2. The van der Waals surface area contributed by atoms with E-state index in [1.54, 1.807) is 0 Å². The number of rotatable bonds is 2. The predicted octanol–water partition coefficient (Wildman–Crippen LogP) is 3.63. The Morgan fingerprint density at radius 1 is 1.15 bits per heavy atom. The number of aromatic nitrogens is 2. The summed E-state index contributed by atoms with van der Waals surface area (Å²) in [5.41, 5.74) is 10.8. The molecule has 1 aromatic carbocycles. The Kier molecular flexibility index (Phi) is 2.80. The Morgan fingerprint density at radius 3 is 2.25 bits per heavy atom. The van der Waals surface area contributed by atoms with Crippen LogP contribution in [0.2, 0.25) is 0 Å². The Hall–Kier alpha value is -1.61. The highest BCUT2D eigenvalue weighted by Gasteiger charge is 2.43. The molecule has 1 aliphatic carbocycles. The number of nitrogens with one attached hydrogen (secondary N) is 1. The van der Waals surface area contributed by atoms with Crippen molar-refractivity contribution in [3.8, 4) is 11.3 Å². The van der Waals surface area contributed by atoms with Crippen molar-refractivity contribution in [2.24, 2.45) is 5.73 Å². The van der Waals surface area contributed by atoms with Gasteiger partial charge >= 0.3 is 0 Å². The third-order valence-electron chi connectivity index (χ3n) is 4.17. The molecule has 1 heterocycles. The summed E-state index contributed by atoms with van der Waals surface area (Å²) in [6, 6.07) is 8.70. The van der Waals surface area contributed by atoms with Gasteiger partial charge in [0.25, 0.3) is 0 Å². The number of nitrogens with zero attached hydrogens (tertiary/aromatic N) is 1. The lowest BCUT2D eigenvalue weighted by atomic mass is 9.86. The van der Waals surface area contributed by atoms with Crippen molar-refractivity contribution >= 4 is 0 Å². The maximum atomic E-state index is 6.22. The molecule has 3 rings (SSSR count). The Balaban J connectivity index is 1.95. The number of hydrogen-bond acceptors (Lipinski definition) is 2. The van der Waals surface area contributed by atoms with Crippen LogP contribution in [0.15, 0.2) is 24.3 Å². The van der Waals surface area contributed by atoms with Gasteiger partial charge in [0, 0.05) is 11.3 Å². The second kappa shape index (κ2) is 4.19. The van der Waals surface area contributed by atoms with Gasteiger partial charge < -0.3 is 10.7 Å². The molecule has 0 amide bonds. The first kappa shape index (κ1) is 13.4. The van der Waals surface area contributed by atoms with Crippen LogP contribution in [0.1, 0.15) is 50.7 Å². The third kappa shape index (κ3) is 2.27. The van der Waals surface area contributed by atoms with Gasteiger partial charge in [-0.15, -0.1) is 0 Å². The van der Waals surface area contributed by atoms with Crippen LogP contribution < -0.4 is 5.73 Å². The van der Waals surface area contributed by atoms with Crippen LogP contribution in [0.25, 0.3) is 11.3 Å². The van der Waals surface area contributed by atoms with E-state index in [1.807, 2.05) is 0 Å². The number of aromatic amines is 1. The first-order valence-electron chi connectivity index (χ1n) is 7.26. The van der Waals surface area contributed by atoms with Gasteiger partial charge in [-0.1, -0.05) is 45.0 Å². The SMILES string of the molecule is Cc1[nH]c(C2(N)CC2)nc1-c1ccc(C(C)(C)C)cc1. The molecular formula is C17H23N3. The molecule has 3 N–H and O–H groups in total. The number of imidazole rings is 1. The fourth-order valence-corrected chi connectivity index (χ4v) is 2.48. The van der Waals surface area contributed by atoms with Crippen molar-refractivity contribution in [3.63, 3.8) is 0 Å². The van der Waals surface area contributed by atoms with Gasteiger partial charge in [0.1, 0.15) is 5.82 Å². The molecule has 0 aliphatic heterocycles. The van der Waals surface area contributed by atoms with Crippen LogP contribution >= 0.6 is 0 Å². The maximum Gasteiger partial charge on any atom is 0.127 e. The van der Waals surface area contributed by atoms with Gasteiger partial charge in [-0.2, -0.15) is 0 Å². The van der Waals surface area contributed by atoms with Gasteiger partial charge in [-0.3, -0.25) is 0 Å². The monoisotopic (exact) mass is 269 g/mol. The minimum absolute atomic E-state index is 0.180. The number of hydrogen-bond donors (Lipinski definition) is 2. The molecule has 2 aromatic rings. The highest BCUT2D eigenvalue weighted by Crippen LogP contribution is 2.42. The predicted molar refractivity (Wildman–Crippen MR) is 82.6 cm³/mol. The maximum absolute atomic E-state index is 6.22. The molecular weight excluding hydrogens is 246 g/mol. The lowest BCUT2D eigenvalue weighted by Crippen LogP contribution is -2.20. The fraction of sp³-hybridized carbons (Fsp3) is 0.471. The van der Waals surface area contributed by atoms with Crippen molar-refractivity contribution in [1.82, 2.24) is 9.97 Å². The van der Waals surface area contributed by atoms with E-state index in [2.05, 4.69) is 56.9 Å². The van der Waals surface area contributed by atoms with Crippen LogP contribution in [-0.4, -0.2) is 9.97 Å². The summed E-state index contributed by atoms with van der Waals surface area (Å²) in [6.07, 6.45) is 2.06. The Labute approximate surface area is 120 Å². The van der Waals surface area contributed by atoms with E-state index in [9.17, 15) is 0 Å². The van der Waals surface area contributed by atoms with Crippen LogP contribution in [0.5, 0.6) is 0 Å². The van der Waals surface area contributed by atoms with E-state index in [-0.39, 0.29) is 11.0 Å². The van der Waals surface area contributed by atoms with Crippen LogP contribution in [-0.2, 0) is 11.0 Å². The zero-order chi connectivity index (χ0) is 14.5. The number of H-pyrrole nitrogens is 1. The lowest BCUT2D eigenvalue weighted by molar-refractivity contribution is 0.590. The Bertz CT molecular complexity index is 625. The van der Waals surface area contributed by atoms with Gasteiger partial charge in [-0.25, -0.2) is 4.98 Å². The number of benzene rings is 1. The van der Waals surface area contributed by atoms with Crippen molar-refractivity contribution in [3.05, 3.63) is 41.3 Å². The average molecular weight is 269 g/mol. The molecule has 1 aromatic heterocycles. The molecule has 1 fully saturated rings. The Morgan fingerprint density at radius 2 is 1.75 bits per heavy atom. The fourth-order valence-electron chi connectivity index (χ4n) is 2.48. The first-order valence-corrected chi connectivity index (χ1v) is 7.26. The third-order valence-corrected chi connectivity index (χ3v) is 4.17. The summed E-state index contributed by atoms with van der Waals surface area (Å²) in [5, 5.41) is 0. The van der Waals surface area contributed by atoms with Gasteiger partial charge in [0.05, 0.1) is 11.2 Å². The minimum Gasteiger partial charge on any atom is -0.344 e. The largest absolute Gasteiger partial charge is 0.344 e. The van der Waals surface area contributed by atoms with Gasteiger partial charge in [0.15, 0.2) is 0 Å². The topological polar surface area (TPSA) is 54.7 Å². The summed E-state index contributed by atoms with van der Waals surface area (Å²) in [5.74, 6) is 0.935. The van der Waals surface area contributed by atoms with Crippen LogP contribution in [0, 0.1) is 6.92 Å². The van der Waals surface area contributed by atoms with E-state index < -0.39 is 0 Å². The number of aryl methyl sites for hydroxylation is 1. The second-order valence-corrected chi connectivity index (χ2v) is 7.04. The van der Waals surface area contributed by atoms with E-state index >= 15 is 0 Å². The molecule has 20 heavy (non-hydrogen) atoms. The summed E-state index contributed by atoms with van der Waals surface area (Å²) >= 11 is 0. The molecule has 1 saturated carbocycles. The second-order valence-electron chi connectivity index (χ2n) is 7.04. The van der Waals surface area contributed by atoms with E-state index in [0.29, 0.717) is 0 Å². The summed E-state index contributed by atoms with van der Waals surface area (Å²) in [4.78, 5) is 8.08. The van der Waals surface area contributed by atoms with Crippen molar-refractivity contribution in [2.45, 2.75) is 51.5 Å². The molecule has 1 aliphatic rings. The highest BCUT2D eigenvalue weighted by atomic mass is 15.0. The summed E-state index contributed by atoms with van der Waals surface area (Å²) in [6.45, 7) is 8.75. The molecule has 0 bridgehead atoms. The van der Waals surface area contributed by atoms with Crippen molar-refractivity contribution < 1.29 is 0 Å². The molecule has 0 spiro atoms. The zero-order valence-electron chi connectivity index (χ0n) is 12.7. The standard InChI is InChI=1S/C17H23N3/c1-11-14(20-15(19-11)17(18)9-10-17)12-5-7-13(8-6-12)16(2,3)4/h5-8H,9-10,18H2,1-4H3,(H,19,20). The lowest BCUT2D eigenvalue weighted by Gasteiger charge is -2.19. The van der Waals surface area contributed by atoms with Crippen molar-refractivity contribution in [2.75, 3.05) is 0 Å². The average Bonchev–Trinajstić information content (AvgIpc) is 3.00. The molecule has 0 atom stereocenters. The van der Waals surface area contributed by atoms with Crippen LogP contribution in [0.4, 0.5) is 0 Å². The van der Waals surface area contributed by atoms with Gasteiger partial charge in [0.2, 0.25) is 0 Å². The molecule has 0 radical (unpaired) electrons. The molecule has 0 unspecified atom stereocenters. The van der Waals surface area contributed by atoms with Crippen LogP contribution in [0.3, 0.4) is 0 Å². The molecule has 3 nitrogen and oxygen atoms in total. The first-order chi connectivity index (χ1) is 9.29. The summed E-state index contributed by atoms with van der Waals surface area (Å²) < 4.78 is 0. The molecule has 106 valence electrons. The minimum atomic E-state index is -0.200. The van der Waals surface area contributed by atoms with Gasteiger partial charge in [-0.05, 0) is 30.7 Å².